The first-order chi connectivity index (χ1) is 11.5. The van der Waals surface area contributed by atoms with Crippen LogP contribution in [0.4, 0.5) is 0 Å². The van der Waals surface area contributed by atoms with Crippen LogP contribution < -0.4 is 0 Å². The van der Waals surface area contributed by atoms with Crippen molar-refractivity contribution in [3.63, 3.8) is 0 Å². The molecule has 4 atom stereocenters. The lowest BCUT2D eigenvalue weighted by Gasteiger charge is -2.51. The van der Waals surface area contributed by atoms with Gasteiger partial charge in [-0.3, -0.25) is 0 Å². The van der Waals surface area contributed by atoms with Crippen molar-refractivity contribution in [3.05, 3.63) is 23.0 Å². The van der Waals surface area contributed by atoms with Gasteiger partial charge in [-0.1, -0.05) is 45.1 Å². The van der Waals surface area contributed by atoms with Crippen molar-refractivity contribution in [2.45, 2.75) is 97.2 Å². The van der Waals surface area contributed by atoms with Crippen molar-refractivity contribution in [1.29, 1.82) is 0 Å². The Morgan fingerprint density at radius 3 is 2.71 bits per heavy atom. The maximum atomic E-state index is 10.9. The monoisotopic (exact) mass is 332 g/mol. The van der Waals surface area contributed by atoms with Gasteiger partial charge in [0, 0.05) is 11.5 Å². The highest BCUT2D eigenvalue weighted by atomic mass is 16.5. The van der Waals surface area contributed by atoms with Crippen molar-refractivity contribution in [3.8, 4) is 0 Å². The van der Waals surface area contributed by atoms with Crippen molar-refractivity contribution in [1.82, 2.24) is 0 Å². The second-order valence-corrected chi connectivity index (χ2v) is 8.81. The van der Waals surface area contributed by atoms with Crippen LogP contribution in [0.15, 0.2) is 23.0 Å². The van der Waals surface area contributed by atoms with E-state index in [9.17, 15) is 5.11 Å². The number of ether oxygens (including phenoxy) is 1. The second kappa shape index (κ2) is 7.23. The molecular formula is C22H36O2. The molecule has 136 valence electrons. The first-order valence-electron chi connectivity index (χ1n) is 10.3. The van der Waals surface area contributed by atoms with Gasteiger partial charge in [0.15, 0.2) is 0 Å². The maximum absolute atomic E-state index is 10.9. The number of allylic oxidation sites excluding steroid dienone is 1. The van der Waals surface area contributed by atoms with Gasteiger partial charge in [0.25, 0.3) is 0 Å². The normalized spacial score (nSPS) is 35.0. The summed E-state index contributed by atoms with van der Waals surface area (Å²) in [5.41, 5.74) is 2.51. The van der Waals surface area contributed by atoms with Crippen LogP contribution in [0.5, 0.6) is 0 Å². The van der Waals surface area contributed by atoms with Crippen LogP contribution in [0.2, 0.25) is 0 Å². The Balaban J connectivity index is 1.87. The Morgan fingerprint density at radius 2 is 2.00 bits per heavy atom. The zero-order valence-corrected chi connectivity index (χ0v) is 16.1. The Morgan fingerprint density at radius 1 is 1.21 bits per heavy atom. The fourth-order valence-corrected chi connectivity index (χ4v) is 5.31. The molecular weight excluding hydrogens is 296 g/mol. The van der Waals surface area contributed by atoms with E-state index in [1.54, 1.807) is 0 Å². The molecule has 3 aliphatic rings. The lowest BCUT2D eigenvalue weighted by molar-refractivity contribution is -0.0786. The average Bonchev–Trinajstić information content (AvgIpc) is 2.53. The molecule has 2 aliphatic carbocycles. The molecule has 1 heterocycles. The molecule has 2 heteroatoms. The van der Waals surface area contributed by atoms with Gasteiger partial charge >= 0.3 is 0 Å². The highest BCUT2D eigenvalue weighted by Gasteiger charge is 2.49. The first-order valence-corrected chi connectivity index (χ1v) is 10.3. The number of aliphatic hydroxyl groups excluding tert-OH is 1. The largest absolute Gasteiger partial charge is 0.487 e. The van der Waals surface area contributed by atoms with Crippen molar-refractivity contribution in [2.24, 2.45) is 17.8 Å². The molecule has 0 aromatic rings. The average molecular weight is 333 g/mol. The smallest absolute Gasteiger partial charge is 0.122 e. The van der Waals surface area contributed by atoms with Crippen LogP contribution in [-0.4, -0.2) is 16.8 Å². The molecule has 1 fully saturated rings. The van der Waals surface area contributed by atoms with Gasteiger partial charge in [-0.2, -0.15) is 0 Å². The highest BCUT2D eigenvalue weighted by molar-refractivity contribution is 5.37. The van der Waals surface area contributed by atoms with Gasteiger partial charge in [-0.05, 0) is 63.9 Å². The second-order valence-electron chi connectivity index (χ2n) is 8.81. The summed E-state index contributed by atoms with van der Waals surface area (Å²) in [6.45, 7) is 9.07. The van der Waals surface area contributed by atoms with E-state index in [1.807, 2.05) is 0 Å². The van der Waals surface area contributed by atoms with Gasteiger partial charge in [0.2, 0.25) is 0 Å². The number of hydrogen-bond acceptors (Lipinski definition) is 2. The number of aliphatic hydroxyl groups is 1. The molecule has 0 radical (unpaired) electrons. The van der Waals surface area contributed by atoms with Crippen LogP contribution in [-0.2, 0) is 4.74 Å². The molecule has 0 spiro atoms. The molecule has 3 rings (SSSR count). The number of fused-ring (bicyclic) bond motifs is 2. The van der Waals surface area contributed by atoms with E-state index in [2.05, 4.69) is 33.8 Å². The van der Waals surface area contributed by atoms with Crippen molar-refractivity contribution < 1.29 is 9.84 Å². The van der Waals surface area contributed by atoms with E-state index >= 15 is 0 Å². The van der Waals surface area contributed by atoms with Crippen LogP contribution in [0.3, 0.4) is 0 Å². The molecule has 0 saturated heterocycles. The molecule has 0 bridgehead atoms. The van der Waals surface area contributed by atoms with Gasteiger partial charge < -0.3 is 9.84 Å². The summed E-state index contributed by atoms with van der Waals surface area (Å²) in [6, 6.07) is 0. The zero-order valence-electron chi connectivity index (χ0n) is 16.1. The molecule has 3 unspecified atom stereocenters. The molecule has 2 nitrogen and oxygen atoms in total. The standard InChI is InChI=1S/C22H36O2/c1-5-7-8-9-16-13-19(23)21-17-12-15(6-2)10-11-18(17)22(3,4)24-20(21)14-16/h14-15,17-19,23H,5-13H2,1-4H3/t15-,17?,18?,19?/m1/s1. The molecule has 0 aromatic heterocycles. The van der Waals surface area contributed by atoms with Gasteiger partial charge in [-0.15, -0.1) is 0 Å². The van der Waals surface area contributed by atoms with Crippen LogP contribution >= 0.6 is 0 Å². The third-order valence-electron chi connectivity index (χ3n) is 6.74. The summed E-state index contributed by atoms with van der Waals surface area (Å²) in [5.74, 6) is 2.91. The maximum Gasteiger partial charge on any atom is 0.122 e. The molecule has 24 heavy (non-hydrogen) atoms. The highest BCUT2D eigenvalue weighted by Crippen LogP contribution is 2.52. The summed E-state index contributed by atoms with van der Waals surface area (Å²) in [7, 11) is 0. The minimum absolute atomic E-state index is 0.107. The summed E-state index contributed by atoms with van der Waals surface area (Å²) in [5, 5.41) is 10.9. The minimum atomic E-state index is -0.319. The lowest BCUT2D eigenvalue weighted by atomic mass is 9.61. The molecule has 1 saturated carbocycles. The number of rotatable bonds is 5. The fraction of sp³-hybridized carbons (Fsp3) is 0.818. The third kappa shape index (κ3) is 3.45. The molecule has 1 aliphatic heterocycles. The topological polar surface area (TPSA) is 29.5 Å². The SMILES string of the molecule is CCCCCC1=CC2=C(C(O)C1)C1C[C@H](CC)CCC1C(C)(C)O2. The van der Waals surface area contributed by atoms with E-state index in [0.717, 1.165) is 24.5 Å². The predicted molar refractivity (Wildman–Crippen MR) is 99.7 cm³/mol. The number of hydrogen-bond donors (Lipinski definition) is 1. The quantitative estimate of drug-likeness (QED) is 0.648. The van der Waals surface area contributed by atoms with Crippen LogP contribution in [0.25, 0.3) is 0 Å². The number of unbranched alkanes of at least 4 members (excludes halogenated alkanes) is 2. The summed E-state index contributed by atoms with van der Waals surface area (Å²) < 4.78 is 6.47. The first kappa shape index (κ1) is 18.0. The van der Waals surface area contributed by atoms with E-state index < -0.39 is 0 Å². The van der Waals surface area contributed by atoms with Gasteiger partial charge in [0.1, 0.15) is 11.4 Å². The minimum Gasteiger partial charge on any atom is -0.487 e. The van der Waals surface area contributed by atoms with E-state index in [1.165, 1.54) is 56.1 Å². The Hall–Kier alpha value is -0.760. The molecule has 0 amide bonds. The van der Waals surface area contributed by atoms with E-state index in [0.29, 0.717) is 11.8 Å². The Labute approximate surface area is 148 Å². The summed E-state index contributed by atoms with van der Waals surface area (Å²) >= 11 is 0. The molecule has 1 N–H and O–H groups in total. The molecule has 0 aromatic carbocycles. The third-order valence-corrected chi connectivity index (χ3v) is 6.74. The van der Waals surface area contributed by atoms with Gasteiger partial charge in [-0.25, -0.2) is 0 Å². The Bertz CT molecular complexity index is 514. The zero-order chi connectivity index (χ0) is 17.3. The van der Waals surface area contributed by atoms with Crippen molar-refractivity contribution in [2.75, 3.05) is 0 Å². The summed E-state index contributed by atoms with van der Waals surface area (Å²) in [6.07, 6.45) is 12.7. The van der Waals surface area contributed by atoms with E-state index in [-0.39, 0.29) is 11.7 Å². The van der Waals surface area contributed by atoms with Crippen molar-refractivity contribution >= 4 is 0 Å². The predicted octanol–water partition coefficient (Wildman–Crippen LogP) is 5.76. The van der Waals surface area contributed by atoms with E-state index in [4.69, 9.17) is 4.74 Å². The summed E-state index contributed by atoms with van der Waals surface area (Å²) in [4.78, 5) is 0. The van der Waals surface area contributed by atoms with Crippen LogP contribution in [0.1, 0.15) is 85.5 Å². The van der Waals surface area contributed by atoms with Gasteiger partial charge in [0.05, 0.1) is 6.10 Å². The Kier molecular flexibility index (Phi) is 5.44. The lowest BCUT2D eigenvalue weighted by Crippen LogP contribution is -2.48. The fourth-order valence-electron chi connectivity index (χ4n) is 5.31. The van der Waals surface area contributed by atoms with Crippen LogP contribution in [0, 0.1) is 17.8 Å².